The first-order valence-corrected chi connectivity index (χ1v) is 3.55. The second-order valence-corrected chi connectivity index (χ2v) is 2.33. The van der Waals surface area contributed by atoms with Gasteiger partial charge in [-0.3, -0.25) is 9.78 Å². The summed E-state index contributed by atoms with van der Waals surface area (Å²) in [7, 11) is 0. The minimum atomic E-state index is -0.682. The number of aryl methyl sites for hydroxylation is 1. The fourth-order valence-corrected chi connectivity index (χ4v) is 0.783. The average molecular weight is 175 g/mol. The van der Waals surface area contributed by atoms with E-state index in [1.165, 1.54) is 12.2 Å². The third-order valence-electron chi connectivity index (χ3n) is 1.43. The largest absolute Gasteiger partial charge is 0.422 e. The molecule has 0 unspecified atom stereocenters. The van der Waals surface area contributed by atoms with Gasteiger partial charge in [0.15, 0.2) is 0 Å². The predicted octanol–water partition coefficient (Wildman–Crippen LogP) is 1.67. The SMILES string of the molecule is Cc1ccncc1NC(=O)N=C=[N-]. The maximum Gasteiger partial charge on any atom is 0.249 e. The van der Waals surface area contributed by atoms with Crippen LogP contribution in [-0.4, -0.2) is 17.0 Å². The molecule has 1 aromatic rings. The van der Waals surface area contributed by atoms with Crippen molar-refractivity contribution in [1.82, 2.24) is 4.98 Å². The molecule has 2 amide bonds. The third-order valence-corrected chi connectivity index (χ3v) is 1.43. The molecule has 0 saturated heterocycles. The van der Waals surface area contributed by atoms with E-state index in [0.717, 1.165) is 5.56 Å². The summed E-state index contributed by atoms with van der Waals surface area (Å²) in [4.78, 5) is 17.6. The summed E-state index contributed by atoms with van der Waals surface area (Å²) in [6.07, 6.45) is 3.12. The van der Waals surface area contributed by atoms with Crippen LogP contribution >= 0.6 is 0 Å². The topological polar surface area (TPSA) is 76.7 Å². The number of hydrogen-bond donors (Lipinski definition) is 1. The van der Waals surface area contributed by atoms with E-state index in [-0.39, 0.29) is 0 Å². The molecule has 66 valence electrons. The van der Waals surface area contributed by atoms with Crippen molar-refractivity contribution in [3.8, 4) is 0 Å². The maximum absolute atomic E-state index is 10.8. The summed E-state index contributed by atoms with van der Waals surface area (Å²) in [6.45, 7) is 1.82. The molecule has 1 N–H and O–H groups in total. The summed E-state index contributed by atoms with van der Waals surface area (Å²) in [5, 5.41) is 10.5. The first kappa shape index (κ1) is 9.09. The monoisotopic (exact) mass is 175 g/mol. The van der Waals surface area contributed by atoms with E-state index >= 15 is 0 Å². The van der Waals surface area contributed by atoms with E-state index < -0.39 is 6.03 Å². The zero-order valence-electron chi connectivity index (χ0n) is 6.98. The minimum absolute atomic E-state index is 0.562. The number of anilines is 1. The van der Waals surface area contributed by atoms with Gasteiger partial charge in [0, 0.05) is 6.20 Å². The first-order valence-electron chi connectivity index (χ1n) is 3.55. The summed E-state index contributed by atoms with van der Waals surface area (Å²) >= 11 is 0. The van der Waals surface area contributed by atoms with Gasteiger partial charge >= 0.3 is 0 Å². The molecular weight excluding hydrogens is 168 g/mol. The molecule has 0 aliphatic carbocycles. The number of aliphatic imine (C=N–C) groups is 1. The van der Waals surface area contributed by atoms with Crippen molar-refractivity contribution in [1.29, 1.82) is 0 Å². The summed E-state index contributed by atoms with van der Waals surface area (Å²) in [5.41, 5.74) is 1.43. The molecule has 13 heavy (non-hydrogen) atoms. The molecule has 0 aromatic carbocycles. The highest BCUT2D eigenvalue weighted by molar-refractivity contribution is 5.93. The van der Waals surface area contributed by atoms with E-state index in [1.807, 2.05) is 6.92 Å². The highest BCUT2D eigenvalue weighted by Gasteiger charge is 1.97. The third kappa shape index (κ3) is 2.50. The van der Waals surface area contributed by atoms with Crippen LogP contribution in [0, 0.1) is 6.92 Å². The Hall–Kier alpha value is -2.00. The lowest BCUT2D eigenvalue weighted by molar-refractivity contribution is 0.259. The van der Waals surface area contributed by atoms with Crippen LogP contribution in [0.15, 0.2) is 23.5 Å². The predicted molar refractivity (Wildman–Crippen MR) is 48.8 cm³/mol. The number of aromatic nitrogens is 1. The van der Waals surface area contributed by atoms with Crippen molar-refractivity contribution in [2.45, 2.75) is 6.92 Å². The molecule has 0 radical (unpaired) electrons. The molecule has 0 aliphatic rings. The molecule has 1 heterocycles. The van der Waals surface area contributed by atoms with E-state index in [2.05, 4.69) is 15.3 Å². The second kappa shape index (κ2) is 4.13. The molecule has 5 nitrogen and oxygen atoms in total. The zero-order chi connectivity index (χ0) is 9.68. The Kier molecular flexibility index (Phi) is 2.89. The maximum atomic E-state index is 10.8. The molecule has 1 aromatic heterocycles. The molecule has 5 heteroatoms. The van der Waals surface area contributed by atoms with Gasteiger partial charge in [-0.25, -0.2) is 0 Å². The highest BCUT2D eigenvalue weighted by Crippen LogP contribution is 2.10. The van der Waals surface area contributed by atoms with Crippen LogP contribution < -0.4 is 5.32 Å². The van der Waals surface area contributed by atoms with Gasteiger partial charge in [-0.1, -0.05) is 0 Å². The lowest BCUT2D eigenvalue weighted by atomic mass is 10.2. The Labute approximate surface area is 75.0 Å². The van der Waals surface area contributed by atoms with Crippen LogP contribution in [0.25, 0.3) is 5.41 Å². The van der Waals surface area contributed by atoms with E-state index in [1.54, 1.807) is 12.3 Å². The second-order valence-electron chi connectivity index (χ2n) is 2.33. The van der Waals surface area contributed by atoms with Gasteiger partial charge in [-0.05, 0) is 18.6 Å². The first-order chi connectivity index (χ1) is 6.24. The molecular formula is C8H7N4O-. The van der Waals surface area contributed by atoms with Gasteiger partial charge in [0.05, 0.1) is 11.9 Å². The van der Waals surface area contributed by atoms with E-state index in [9.17, 15) is 4.79 Å². The molecule has 0 atom stereocenters. The summed E-state index contributed by atoms with van der Waals surface area (Å²) in [6, 6.07) is 2.47. The van der Waals surface area contributed by atoms with E-state index in [0.29, 0.717) is 5.69 Å². The van der Waals surface area contributed by atoms with Crippen LogP contribution in [0.2, 0.25) is 0 Å². The number of urea groups is 1. The zero-order valence-corrected chi connectivity index (χ0v) is 6.98. The summed E-state index contributed by atoms with van der Waals surface area (Å²) in [5.74, 6) is 0. The van der Waals surface area contributed by atoms with Crippen molar-refractivity contribution in [2.75, 3.05) is 5.32 Å². The van der Waals surface area contributed by atoms with Crippen LogP contribution in [0.1, 0.15) is 5.56 Å². The number of nitrogens with zero attached hydrogens (tertiary/aromatic N) is 3. The minimum Gasteiger partial charge on any atom is -0.422 e. The van der Waals surface area contributed by atoms with E-state index in [4.69, 9.17) is 5.41 Å². The Bertz CT molecular complexity index is 368. The number of nitrogens with one attached hydrogen (secondary N) is 1. The van der Waals surface area contributed by atoms with Crippen molar-refractivity contribution in [2.24, 2.45) is 4.99 Å². The Balaban J connectivity index is 2.80. The summed E-state index contributed by atoms with van der Waals surface area (Å²) < 4.78 is 0. The fourth-order valence-electron chi connectivity index (χ4n) is 0.783. The highest BCUT2D eigenvalue weighted by atomic mass is 16.2. The van der Waals surface area contributed by atoms with Crippen LogP contribution in [0.4, 0.5) is 10.5 Å². The lowest BCUT2D eigenvalue weighted by Crippen LogP contribution is -2.07. The Morgan fingerprint density at radius 1 is 1.77 bits per heavy atom. The van der Waals surface area contributed by atoms with Gasteiger partial charge < -0.3 is 15.7 Å². The Morgan fingerprint density at radius 3 is 3.15 bits per heavy atom. The average Bonchev–Trinajstić information content (AvgIpc) is 2.09. The number of carbonyl (C=O) groups is 1. The van der Waals surface area contributed by atoms with Crippen molar-refractivity contribution >= 4 is 17.7 Å². The van der Waals surface area contributed by atoms with Gasteiger partial charge in [-0.2, -0.15) is 0 Å². The van der Waals surface area contributed by atoms with Gasteiger partial charge in [0.25, 0.3) is 0 Å². The molecule has 0 bridgehead atoms. The number of hydrogen-bond acceptors (Lipinski definition) is 2. The van der Waals surface area contributed by atoms with Gasteiger partial charge in [0.1, 0.15) is 0 Å². The molecule has 1 rings (SSSR count). The molecule has 0 saturated carbocycles. The quantitative estimate of drug-likeness (QED) is 0.659. The number of rotatable bonds is 1. The number of carbonyl (C=O) groups excluding carboxylic acids is 1. The lowest BCUT2D eigenvalue weighted by Gasteiger charge is -2.05. The Morgan fingerprint density at radius 2 is 2.54 bits per heavy atom. The number of amides is 2. The smallest absolute Gasteiger partial charge is 0.249 e. The van der Waals surface area contributed by atoms with Crippen molar-refractivity contribution in [3.63, 3.8) is 0 Å². The van der Waals surface area contributed by atoms with Crippen molar-refractivity contribution in [3.05, 3.63) is 29.4 Å². The molecule has 0 aliphatic heterocycles. The standard InChI is InChI=1S/C8H7N4O/c1-6-2-3-10-4-7(6)12-8(13)11-5-9/h2-4H,1H3,(H,12,13)/q-1. The van der Waals surface area contributed by atoms with Gasteiger partial charge in [0.2, 0.25) is 6.03 Å². The normalized spacial score (nSPS) is 8.69. The van der Waals surface area contributed by atoms with Crippen LogP contribution in [0.5, 0.6) is 0 Å². The molecule has 0 spiro atoms. The molecule has 0 fully saturated rings. The van der Waals surface area contributed by atoms with Gasteiger partial charge in [-0.15, -0.1) is 6.01 Å². The van der Waals surface area contributed by atoms with Crippen LogP contribution in [-0.2, 0) is 0 Å². The van der Waals surface area contributed by atoms with Crippen molar-refractivity contribution < 1.29 is 4.79 Å². The fraction of sp³-hybridized carbons (Fsp3) is 0.125. The van der Waals surface area contributed by atoms with Crippen LogP contribution in [0.3, 0.4) is 0 Å². The number of pyridine rings is 1.